The van der Waals surface area contributed by atoms with Gasteiger partial charge in [-0.1, -0.05) is 55.4 Å². The molecule has 5 rings (SSSR count). The van der Waals surface area contributed by atoms with Gasteiger partial charge in [0.05, 0.1) is 18.1 Å². The molecule has 228 valence electrons. The first-order valence-electron chi connectivity index (χ1n) is 16.4. The van der Waals surface area contributed by atoms with Crippen molar-refractivity contribution in [1.29, 1.82) is 0 Å². The van der Waals surface area contributed by atoms with Crippen LogP contribution in [0.15, 0.2) is 16.9 Å². The van der Waals surface area contributed by atoms with Crippen molar-refractivity contribution in [3.63, 3.8) is 0 Å². The molecule has 4 aromatic rings. The molecule has 0 saturated heterocycles. The number of allylic oxidation sites excluding steroid dienone is 2. The van der Waals surface area contributed by atoms with Crippen LogP contribution in [0.5, 0.6) is 5.75 Å². The molecular formula is C37H48N4O2. The van der Waals surface area contributed by atoms with Gasteiger partial charge in [-0.2, -0.15) is 0 Å². The summed E-state index contributed by atoms with van der Waals surface area (Å²) in [5.41, 5.74) is 16.9. The Balaban J connectivity index is 2.17. The van der Waals surface area contributed by atoms with Gasteiger partial charge in [0, 0.05) is 22.1 Å². The number of nitrogens with one attached hydrogen (secondary N) is 3. The molecule has 0 spiro atoms. The topological polar surface area (TPSA) is 86.6 Å². The minimum absolute atomic E-state index is 0.0332. The predicted molar refractivity (Wildman–Crippen MR) is 183 cm³/mol. The van der Waals surface area contributed by atoms with Crippen LogP contribution in [0.4, 0.5) is 0 Å². The number of methoxy groups -OCH3 is 1. The highest BCUT2D eigenvalue weighted by Crippen LogP contribution is 2.41. The van der Waals surface area contributed by atoms with Gasteiger partial charge >= 0.3 is 0 Å². The highest BCUT2D eigenvalue weighted by molar-refractivity contribution is 5.96. The van der Waals surface area contributed by atoms with E-state index in [4.69, 9.17) is 9.72 Å². The van der Waals surface area contributed by atoms with Crippen molar-refractivity contribution in [1.82, 2.24) is 19.9 Å². The molecule has 0 atom stereocenters. The maximum absolute atomic E-state index is 14.5. The van der Waals surface area contributed by atoms with Crippen LogP contribution < -0.4 is 10.2 Å². The maximum atomic E-state index is 14.5. The summed E-state index contributed by atoms with van der Waals surface area (Å²) in [6.07, 6.45) is 6.72. The molecule has 0 aliphatic carbocycles. The molecule has 0 fully saturated rings. The quantitative estimate of drug-likeness (QED) is 0.185. The number of nitrogens with zero attached hydrogens (tertiary/aromatic N) is 1. The number of hydrogen-bond acceptors (Lipinski definition) is 3. The lowest BCUT2D eigenvalue weighted by atomic mass is 9.98. The van der Waals surface area contributed by atoms with Gasteiger partial charge in [0.15, 0.2) is 5.75 Å². The third kappa shape index (κ3) is 4.79. The molecule has 3 N–H and O–H groups in total. The fourth-order valence-electron chi connectivity index (χ4n) is 7.49. The first-order valence-corrected chi connectivity index (χ1v) is 16.4. The van der Waals surface area contributed by atoms with E-state index in [1.807, 2.05) is 0 Å². The highest BCUT2D eigenvalue weighted by Gasteiger charge is 2.26. The Morgan fingerprint density at radius 1 is 0.535 bits per heavy atom. The van der Waals surface area contributed by atoms with Gasteiger partial charge in [0.1, 0.15) is 11.4 Å². The van der Waals surface area contributed by atoms with Gasteiger partial charge in [-0.05, 0) is 108 Å². The average molecular weight is 581 g/mol. The van der Waals surface area contributed by atoms with E-state index in [-0.39, 0.29) is 5.43 Å². The normalized spacial score (nSPS) is 12.6. The van der Waals surface area contributed by atoms with Gasteiger partial charge in [-0.25, -0.2) is 4.98 Å². The zero-order chi connectivity index (χ0) is 31.0. The summed E-state index contributed by atoms with van der Waals surface area (Å²) in [5, 5.41) is 0. The summed E-state index contributed by atoms with van der Waals surface area (Å²) in [5.74, 6) is 0.714. The van der Waals surface area contributed by atoms with Gasteiger partial charge in [-0.15, -0.1) is 0 Å². The first-order chi connectivity index (χ1) is 20.8. The number of aromatic amines is 3. The van der Waals surface area contributed by atoms with Crippen LogP contribution in [0.1, 0.15) is 113 Å². The second-order valence-electron chi connectivity index (χ2n) is 11.4. The van der Waals surface area contributed by atoms with Crippen LogP contribution in [-0.2, 0) is 38.5 Å². The summed E-state index contributed by atoms with van der Waals surface area (Å²) in [6, 6.07) is 4.52. The minimum atomic E-state index is -0.0332. The zero-order valence-corrected chi connectivity index (χ0v) is 27.6. The zero-order valence-electron chi connectivity index (χ0n) is 27.6. The van der Waals surface area contributed by atoms with E-state index in [0.717, 1.165) is 101 Å². The van der Waals surface area contributed by atoms with Crippen molar-refractivity contribution in [3.8, 4) is 5.75 Å². The number of ether oxygens (including phenoxy) is 1. The second-order valence-corrected chi connectivity index (χ2v) is 11.4. The Morgan fingerprint density at radius 2 is 0.930 bits per heavy atom. The van der Waals surface area contributed by atoms with Crippen molar-refractivity contribution < 1.29 is 4.74 Å². The average Bonchev–Trinajstić information content (AvgIpc) is 3.76. The van der Waals surface area contributed by atoms with E-state index in [0.29, 0.717) is 17.0 Å². The SMILES string of the molecule is CCC1=C(CC)c2nc1c(OC)c1[nH]c(cc3[nH]c(cc4[nH]c(c(CC)c4CC)c2=O)c(CC)c3CC)c(CC)c1CC. The maximum Gasteiger partial charge on any atom is 0.228 e. The molecule has 43 heavy (non-hydrogen) atoms. The summed E-state index contributed by atoms with van der Waals surface area (Å²) in [4.78, 5) is 30.8. The molecular weight excluding hydrogens is 532 g/mol. The van der Waals surface area contributed by atoms with Crippen LogP contribution >= 0.6 is 0 Å². The molecule has 0 radical (unpaired) electrons. The number of fused-ring (bicyclic) bond motifs is 8. The minimum Gasteiger partial charge on any atom is -0.492 e. The van der Waals surface area contributed by atoms with E-state index in [9.17, 15) is 4.79 Å². The molecule has 1 aliphatic heterocycles. The molecule has 4 aromatic heterocycles. The lowest BCUT2D eigenvalue weighted by molar-refractivity contribution is 0.415. The molecule has 0 unspecified atom stereocenters. The van der Waals surface area contributed by atoms with Gasteiger partial charge in [0.25, 0.3) is 0 Å². The van der Waals surface area contributed by atoms with Crippen LogP contribution in [0.3, 0.4) is 0 Å². The number of rotatable bonds is 9. The van der Waals surface area contributed by atoms with Crippen molar-refractivity contribution in [2.75, 3.05) is 7.11 Å². The monoisotopic (exact) mass is 580 g/mol. The number of hydrogen-bond donors (Lipinski definition) is 3. The van der Waals surface area contributed by atoms with Crippen LogP contribution in [0.25, 0.3) is 44.2 Å². The van der Waals surface area contributed by atoms with Crippen molar-refractivity contribution in [3.05, 3.63) is 67.1 Å². The summed E-state index contributed by atoms with van der Waals surface area (Å²) >= 11 is 0. The van der Waals surface area contributed by atoms with Crippen molar-refractivity contribution in [2.24, 2.45) is 0 Å². The van der Waals surface area contributed by atoms with Crippen LogP contribution in [-0.4, -0.2) is 27.0 Å². The van der Waals surface area contributed by atoms with E-state index in [1.165, 1.54) is 27.8 Å². The first kappa shape index (κ1) is 30.7. The Hall–Kier alpha value is -3.80. The lowest BCUT2D eigenvalue weighted by Crippen LogP contribution is -2.08. The van der Waals surface area contributed by atoms with Crippen LogP contribution in [0, 0.1) is 0 Å². The van der Waals surface area contributed by atoms with Gasteiger partial charge in [0.2, 0.25) is 5.43 Å². The second kappa shape index (κ2) is 12.4. The van der Waals surface area contributed by atoms with Crippen LogP contribution in [0.2, 0.25) is 0 Å². The molecule has 5 heterocycles. The van der Waals surface area contributed by atoms with Crippen molar-refractivity contribution >= 4 is 44.2 Å². The molecule has 6 nitrogen and oxygen atoms in total. The molecule has 1 aliphatic rings. The predicted octanol–water partition coefficient (Wildman–Crippen LogP) is 9.00. The summed E-state index contributed by atoms with van der Waals surface area (Å²) in [6.45, 7) is 17.4. The molecule has 0 saturated carbocycles. The van der Waals surface area contributed by atoms with Crippen molar-refractivity contribution in [2.45, 2.75) is 107 Å². The summed E-state index contributed by atoms with van der Waals surface area (Å²) in [7, 11) is 1.72. The Bertz CT molecular complexity index is 1920. The molecule has 0 amide bonds. The highest BCUT2D eigenvalue weighted by atomic mass is 16.5. The Labute approximate surface area is 255 Å². The third-order valence-corrected chi connectivity index (χ3v) is 9.44. The Kier molecular flexibility index (Phi) is 8.86. The fraction of sp³-hybridized carbons (Fsp3) is 0.459. The lowest BCUT2D eigenvalue weighted by Gasteiger charge is -2.08. The summed E-state index contributed by atoms with van der Waals surface area (Å²) < 4.78 is 6.21. The van der Waals surface area contributed by atoms with Gasteiger partial charge < -0.3 is 19.7 Å². The largest absolute Gasteiger partial charge is 0.492 e. The molecule has 6 heteroatoms. The Morgan fingerprint density at radius 3 is 1.37 bits per heavy atom. The van der Waals surface area contributed by atoms with E-state index < -0.39 is 0 Å². The number of H-pyrrole nitrogens is 3. The number of aryl methyl sites for hydroxylation is 6. The van der Waals surface area contributed by atoms with E-state index in [2.05, 4.69) is 82.5 Å². The number of aromatic nitrogens is 4. The molecule has 8 bridgehead atoms. The fourth-order valence-corrected chi connectivity index (χ4v) is 7.49. The van der Waals surface area contributed by atoms with Gasteiger partial charge in [-0.3, -0.25) is 4.79 Å². The smallest absolute Gasteiger partial charge is 0.228 e. The third-order valence-electron chi connectivity index (χ3n) is 9.44. The molecule has 0 aromatic carbocycles. The standard InChI is InChI=1S/C37H48N4O2/c1-10-20-21(11-2)29-19-31-23(13-4)25(15-6)34(40-31)37(43-9)35-27(17-8)26(16-7)33(41-35)36(42)32-24(14-5)22(12-3)30(39-32)18-28(20)38-29/h18-19,38-40H,10-17H2,1-9H3. The van der Waals surface area contributed by atoms with E-state index >= 15 is 0 Å². The van der Waals surface area contributed by atoms with E-state index in [1.54, 1.807) is 7.11 Å².